The fraction of sp³-hybridized carbons (Fsp3) is 0.769. The molecule has 0 aromatic carbocycles. The van der Waals surface area contributed by atoms with Crippen LogP contribution in [0.25, 0.3) is 0 Å². The average molecular weight is 321 g/mol. The van der Waals surface area contributed by atoms with E-state index in [-0.39, 0.29) is 0 Å². The summed E-state index contributed by atoms with van der Waals surface area (Å²) < 4.78 is 13.2. The Labute approximate surface area is 128 Å². The molecule has 1 heterocycles. The van der Waals surface area contributed by atoms with Gasteiger partial charge in [0.1, 0.15) is 4.34 Å². The lowest BCUT2D eigenvalue weighted by atomic mass is 9.91. The molecule has 1 fully saturated rings. The van der Waals surface area contributed by atoms with E-state index in [0.29, 0.717) is 22.2 Å². The summed E-state index contributed by atoms with van der Waals surface area (Å²) in [6.45, 7) is 1.72. The van der Waals surface area contributed by atoms with Gasteiger partial charge in [-0.25, -0.2) is 0 Å². The summed E-state index contributed by atoms with van der Waals surface area (Å²) in [7, 11) is 0. The normalized spacial score (nSPS) is 22.9. The summed E-state index contributed by atoms with van der Waals surface area (Å²) in [5.74, 6) is 0.455. The smallest absolute Gasteiger partial charge is 0.272 e. The molecule has 4 nitrogen and oxygen atoms in total. The van der Waals surface area contributed by atoms with Gasteiger partial charge in [0, 0.05) is 18.6 Å². The highest BCUT2D eigenvalue weighted by atomic mass is 35.5. The summed E-state index contributed by atoms with van der Waals surface area (Å²) in [5, 5.41) is 6.09. The van der Waals surface area contributed by atoms with E-state index in [1.165, 1.54) is 19.3 Å². The van der Waals surface area contributed by atoms with Gasteiger partial charge in [0.15, 0.2) is 5.82 Å². The molecule has 1 aromatic rings. The second kappa shape index (κ2) is 8.12. The first kappa shape index (κ1) is 15.9. The molecule has 0 aliphatic heterocycles. The maximum Gasteiger partial charge on any atom is 0.272 e. The first-order valence-corrected chi connectivity index (χ1v) is 8.41. The van der Waals surface area contributed by atoms with E-state index in [2.05, 4.69) is 15.6 Å². The first-order valence-electron chi connectivity index (χ1n) is 7.21. The number of hydrogen-bond acceptors (Lipinski definition) is 5. The van der Waals surface area contributed by atoms with Crippen LogP contribution < -0.4 is 16.4 Å². The highest BCUT2D eigenvalue weighted by Crippen LogP contribution is 2.27. The number of nitrogens with zero attached hydrogens (tertiary/aromatic N) is 1. The molecule has 114 valence electrons. The molecule has 7 heteroatoms. The molecule has 0 saturated heterocycles. The Morgan fingerprint density at radius 3 is 2.75 bits per heavy atom. The van der Waals surface area contributed by atoms with Gasteiger partial charge in [0.25, 0.3) is 5.26 Å². The number of unbranched alkanes of at least 4 members (excludes halogenated alkanes) is 1. The molecule has 1 aliphatic carbocycles. The van der Waals surface area contributed by atoms with Crippen molar-refractivity contribution in [2.75, 3.05) is 18.4 Å². The van der Waals surface area contributed by atoms with Crippen molar-refractivity contribution in [3.63, 3.8) is 0 Å². The van der Waals surface area contributed by atoms with Crippen molar-refractivity contribution < 1.29 is 4.39 Å². The van der Waals surface area contributed by atoms with Crippen molar-refractivity contribution in [1.29, 1.82) is 0 Å². The zero-order valence-electron chi connectivity index (χ0n) is 11.5. The Morgan fingerprint density at radius 1 is 1.30 bits per heavy atom. The number of hydrogen-bond donors (Lipinski definition) is 3. The van der Waals surface area contributed by atoms with Crippen LogP contribution in [-0.2, 0) is 0 Å². The van der Waals surface area contributed by atoms with Crippen molar-refractivity contribution in [2.24, 2.45) is 5.73 Å². The lowest BCUT2D eigenvalue weighted by Crippen LogP contribution is -2.47. The molecule has 2 rings (SSSR count). The largest absolute Gasteiger partial charge is 0.368 e. The Kier molecular flexibility index (Phi) is 6.48. The van der Waals surface area contributed by atoms with Gasteiger partial charge in [-0.1, -0.05) is 35.8 Å². The lowest BCUT2D eigenvalue weighted by Gasteiger charge is -2.29. The lowest BCUT2D eigenvalue weighted by molar-refractivity contribution is 0.327. The SMILES string of the molecule is N[C@H]1CCCC[C@@H]1NCCCCNc1nc(F)sc1Cl. The molecule has 1 aliphatic rings. The molecule has 0 radical (unpaired) electrons. The number of nitrogens with two attached hydrogens (primary N) is 1. The van der Waals surface area contributed by atoms with E-state index in [9.17, 15) is 4.39 Å². The van der Waals surface area contributed by atoms with E-state index in [1.807, 2.05) is 0 Å². The third kappa shape index (κ3) is 4.84. The summed E-state index contributed by atoms with van der Waals surface area (Å²) in [4.78, 5) is 3.69. The van der Waals surface area contributed by atoms with Crippen LogP contribution in [0, 0.1) is 5.26 Å². The predicted molar refractivity (Wildman–Crippen MR) is 83.0 cm³/mol. The molecule has 1 aromatic heterocycles. The van der Waals surface area contributed by atoms with E-state index in [4.69, 9.17) is 17.3 Å². The summed E-state index contributed by atoms with van der Waals surface area (Å²) in [5.41, 5.74) is 6.08. The molecule has 0 bridgehead atoms. The van der Waals surface area contributed by atoms with Gasteiger partial charge in [-0.3, -0.25) is 0 Å². The Balaban J connectivity index is 1.54. The van der Waals surface area contributed by atoms with Gasteiger partial charge < -0.3 is 16.4 Å². The number of anilines is 1. The second-order valence-corrected chi connectivity index (χ2v) is 6.78. The van der Waals surface area contributed by atoms with Crippen molar-refractivity contribution in [3.8, 4) is 0 Å². The topological polar surface area (TPSA) is 63.0 Å². The molecular formula is C13H22ClFN4S. The maximum atomic E-state index is 12.8. The van der Waals surface area contributed by atoms with Crippen LogP contribution in [0.5, 0.6) is 0 Å². The highest BCUT2D eigenvalue weighted by molar-refractivity contribution is 7.15. The minimum absolute atomic E-state index is 0.304. The van der Waals surface area contributed by atoms with Crippen LogP contribution >= 0.6 is 22.9 Å². The van der Waals surface area contributed by atoms with Gasteiger partial charge in [-0.05, 0) is 32.2 Å². The van der Waals surface area contributed by atoms with Gasteiger partial charge >= 0.3 is 0 Å². The Bertz CT molecular complexity index is 415. The molecule has 2 atom stereocenters. The highest BCUT2D eigenvalue weighted by Gasteiger charge is 2.20. The molecule has 0 spiro atoms. The van der Waals surface area contributed by atoms with Crippen LogP contribution in [-0.4, -0.2) is 30.2 Å². The number of nitrogens with one attached hydrogen (secondary N) is 2. The van der Waals surface area contributed by atoms with Crippen LogP contribution in [0.15, 0.2) is 0 Å². The van der Waals surface area contributed by atoms with Crippen LogP contribution in [0.1, 0.15) is 38.5 Å². The fourth-order valence-electron chi connectivity index (χ4n) is 2.54. The van der Waals surface area contributed by atoms with Crippen molar-refractivity contribution in [3.05, 3.63) is 9.60 Å². The zero-order valence-corrected chi connectivity index (χ0v) is 13.1. The Morgan fingerprint density at radius 2 is 2.05 bits per heavy atom. The Hall–Kier alpha value is -0.430. The number of rotatable bonds is 7. The van der Waals surface area contributed by atoms with Crippen LogP contribution in [0.3, 0.4) is 0 Å². The molecule has 4 N–H and O–H groups in total. The van der Waals surface area contributed by atoms with E-state index >= 15 is 0 Å². The molecular weight excluding hydrogens is 299 g/mol. The molecule has 20 heavy (non-hydrogen) atoms. The van der Waals surface area contributed by atoms with Crippen molar-refractivity contribution in [2.45, 2.75) is 50.6 Å². The maximum absolute atomic E-state index is 12.8. The van der Waals surface area contributed by atoms with Gasteiger partial charge in [-0.2, -0.15) is 9.37 Å². The molecule has 0 unspecified atom stereocenters. The number of thiazole rings is 1. The van der Waals surface area contributed by atoms with E-state index in [1.54, 1.807) is 0 Å². The average Bonchev–Trinajstić information content (AvgIpc) is 2.74. The predicted octanol–water partition coefficient (Wildman–Crippen LogP) is 2.99. The first-order chi connectivity index (χ1) is 9.66. The van der Waals surface area contributed by atoms with Crippen molar-refractivity contribution >= 4 is 28.8 Å². The third-order valence-corrected chi connectivity index (χ3v) is 4.72. The van der Waals surface area contributed by atoms with Crippen LogP contribution in [0.4, 0.5) is 10.2 Å². The summed E-state index contributed by atoms with van der Waals surface area (Å²) >= 11 is 6.69. The quantitative estimate of drug-likeness (QED) is 0.676. The van der Waals surface area contributed by atoms with Crippen molar-refractivity contribution in [1.82, 2.24) is 10.3 Å². The zero-order chi connectivity index (χ0) is 14.4. The molecule has 0 amide bonds. The fourth-order valence-corrected chi connectivity index (χ4v) is 3.34. The van der Waals surface area contributed by atoms with Gasteiger partial charge in [0.2, 0.25) is 0 Å². The third-order valence-electron chi connectivity index (χ3n) is 3.68. The minimum Gasteiger partial charge on any atom is -0.368 e. The van der Waals surface area contributed by atoms with Gasteiger partial charge in [-0.15, -0.1) is 0 Å². The van der Waals surface area contributed by atoms with E-state index in [0.717, 1.165) is 43.7 Å². The number of aromatic nitrogens is 1. The minimum atomic E-state index is -0.495. The molecule has 1 saturated carbocycles. The van der Waals surface area contributed by atoms with Gasteiger partial charge in [0.05, 0.1) is 0 Å². The van der Waals surface area contributed by atoms with E-state index < -0.39 is 5.26 Å². The standard InChI is InChI=1S/C13H22ClFN4S/c14-11-12(19-13(15)20-11)18-8-4-3-7-17-10-6-2-1-5-9(10)16/h9-10,17-18H,1-8,16H2/t9-,10-/m0/s1. The van der Waals surface area contributed by atoms with Crippen LogP contribution in [0.2, 0.25) is 4.34 Å². The summed E-state index contributed by atoms with van der Waals surface area (Å²) in [6.07, 6.45) is 6.90. The monoisotopic (exact) mass is 320 g/mol. The summed E-state index contributed by atoms with van der Waals surface area (Å²) in [6, 6.07) is 0.775. The number of halogens is 2. The second-order valence-electron chi connectivity index (χ2n) is 5.23.